The Labute approximate surface area is 165 Å². The lowest BCUT2D eigenvalue weighted by Gasteiger charge is -2.37. The van der Waals surface area contributed by atoms with Crippen LogP contribution >= 0.6 is 0 Å². The van der Waals surface area contributed by atoms with Gasteiger partial charge < -0.3 is 24.2 Å². The van der Waals surface area contributed by atoms with E-state index in [0.29, 0.717) is 13.1 Å². The fourth-order valence-electron chi connectivity index (χ4n) is 4.12. The molecular weight excluding hydrogens is 391 g/mol. The van der Waals surface area contributed by atoms with Gasteiger partial charge in [0.15, 0.2) is 11.5 Å². The molecule has 7 nitrogen and oxygen atoms in total. The first-order valence-electron chi connectivity index (χ1n) is 9.49. The number of morpholine rings is 1. The normalized spacial score (nSPS) is 24.5. The van der Waals surface area contributed by atoms with Gasteiger partial charge in [-0.25, -0.2) is 13.2 Å². The average Bonchev–Trinajstić information content (AvgIpc) is 3.23. The number of fused-ring (bicyclic) bond motifs is 1. The summed E-state index contributed by atoms with van der Waals surface area (Å²) in [5, 5.41) is 13.6. The van der Waals surface area contributed by atoms with E-state index >= 15 is 4.39 Å². The predicted molar refractivity (Wildman–Crippen MR) is 97.6 cm³/mol. The summed E-state index contributed by atoms with van der Waals surface area (Å²) < 4.78 is 53.1. The summed E-state index contributed by atoms with van der Waals surface area (Å²) in [6.45, 7) is 3.28. The second kappa shape index (κ2) is 7.17. The second-order valence-corrected chi connectivity index (χ2v) is 7.76. The topological polar surface area (TPSA) is 79.0 Å². The molecule has 1 aromatic carbocycles. The fourth-order valence-corrected chi connectivity index (χ4v) is 4.12. The minimum absolute atomic E-state index is 0.0601. The SMILES string of the molecule is C[C@@H]1CN(c2c(CO)cc3c(C(=O)N4CCC(F)(F)C4)noc3c2F)C[C@H](C)O1. The molecule has 1 amide bonds. The Balaban J connectivity index is 1.74. The van der Waals surface area contributed by atoms with Gasteiger partial charge in [-0.3, -0.25) is 4.79 Å². The number of aromatic nitrogens is 1. The third-order valence-corrected chi connectivity index (χ3v) is 5.32. The van der Waals surface area contributed by atoms with Crippen molar-refractivity contribution in [3.8, 4) is 0 Å². The first kappa shape index (κ1) is 20.0. The van der Waals surface area contributed by atoms with E-state index in [1.807, 2.05) is 13.8 Å². The molecule has 2 aliphatic heterocycles. The highest BCUT2D eigenvalue weighted by Gasteiger charge is 2.42. The molecule has 2 saturated heterocycles. The van der Waals surface area contributed by atoms with Gasteiger partial charge >= 0.3 is 0 Å². The number of hydrogen-bond donors (Lipinski definition) is 1. The quantitative estimate of drug-likeness (QED) is 0.833. The molecule has 1 N–H and O–H groups in total. The van der Waals surface area contributed by atoms with Crippen LogP contribution < -0.4 is 4.90 Å². The smallest absolute Gasteiger partial charge is 0.276 e. The van der Waals surface area contributed by atoms with Crippen molar-refractivity contribution in [3.63, 3.8) is 0 Å². The fraction of sp³-hybridized carbons (Fsp3) is 0.579. The maximum Gasteiger partial charge on any atom is 0.276 e. The molecular formula is C19H22F3N3O4. The van der Waals surface area contributed by atoms with E-state index in [4.69, 9.17) is 9.26 Å². The average molecular weight is 413 g/mol. The summed E-state index contributed by atoms with van der Waals surface area (Å²) >= 11 is 0. The zero-order chi connectivity index (χ0) is 20.9. The molecule has 2 atom stereocenters. The van der Waals surface area contributed by atoms with Gasteiger partial charge in [-0.2, -0.15) is 0 Å². The number of ether oxygens (including phenoxy) is 1. The minimum atomic E-state index is -2.95. The molecule has 2 fully saturated rings. The number of rotatable bonds is 3. The number of carbonyl (C=O) groups is 1. The van der Waals surface area contributed by atoms with Crippen LogP contribution in [0, 0.1) is 5.82 Å². The monoisotopic (exact) mass is 413 g/mol. The third kappa shape index (κ3) is 3.55. The number of aliphatic hydroxyl groups is 1. The van der Waals surface area contributed by atoms with Crippen molar-refractivity contribution in [2.24, 2.45) is 0 Å². The van der Waals surface area contributed by atoms with Gasteiger partial charge in [0, 0.05) is 31.6 Å². The molecule has 1 aromatic heterocycles. The number of alkyl halides is 2. The number of halogens is 3. The highest BCUT2D eigenvalue weighted by Crippen LogP contribution is 2.36. The van der Waals surface area contributed by atoms with Crippen molar-refractivity contribution < 1.29 is 32.3 Å². The van der Waals surface area contributed by atoms with Crippen molar-refractivity contribution in [3.05, 3.63) is 23.1 Å². The molecule has 0 radical (unpaired) electrons. The Morgan fingerprint density at radius 3 is 2.62 bits per heavy atom. The summed E-state index contributed by atoms with van der Waals surface area (Å²) in [4.78, 5) is 15.4. The zero-order valence-electron chi connectivity index (χ0n) is 16.1. The van der Waals surface area contributed by atoms with Gasteiger partial charge in [0.05, 0.1) is 36.4 Å². The summed E-state index contributed by atoms with van der Waals surface area (Å²) in [5.74, 6) is -4.44. The van der Waals surface area contributed by atoms with Crippen LogP contribution in [0.5, 0.6) is 0 Å². The van der Waals surface area contributed by atoms with Gasteiger partial charge in [0.25, 0.3) is 11.8 Å². The lowest BCUT2D eigenvalue weighted by molar-refractivity contribution is -0.00550. The molecule has 0 spiro atoms. The van der Waals surface area contributed by atoms with Gasteiger partial charge in [0.2, 0.25) is 5.58 Å². The van der Waals surface area contributed by atoms with Crippen LogP contribution in [0.3, 0.4) is 0 Å². The maximum atomic E-state index is 15.4. The van der Waals surface area contributed by atoms with Crippen molar-refractivity contribution in [1.29, 1.82) is 0 Å². The van der Waals surface area contributed by atoms with Crippen LogP contribution in [0.1, 0.15) is 36.3 Å². The molecule has 10 heteroatoms. The van der Waals surface area contributed by atoms with E-state index in [2.05, 4.69) is 5.16 Å². The molecule has 0 saturated carbocycles. The van der Waals surface area contributed by atoms with Crippen LogP contribution in [0.25, 0.3) is 11.0 Å². The summed E-state index contributed by atoms with van der Waals surface area (Å²) in [7, 11) is 0. The van der Waals surface area contributed by atoms with E-state index < -0.39 is 37.2 Å². The molecule has 158 valence electrons. The largest absolute Gasteiger partial charge is 0.392 e. The molecule has 2 aliphatic rings. The standard InChI is InChI=1S/C19H22F3N3O4/c1-10-6-25(7-11(2)28-10)16-12(8-26)5-13-15(23-29-17(13)14(16)20)18(27)24-4-3-19(21,22)9-24/h5,10-11,26H,3-4,6-9H2,1-2H3/t10-,11+. The predicted octanol–water partition coefficient (Wildman–Crippen LogP) is 2.55. The van der Waals surface area contributed by atoms with Crippen LogP contribution in [0.4, 0.5) is 18.9 Å². The van der Waals surface area contributed by atoms with Gasteiger partial charge in [0.1, 0.15) is 0 Å². The molecule has 4 rings (SSSR count). The lowest BCUT2D eigenvalue weighted by atomic mass is 10.0. The van der Waals surface area contributed by atoms with Crippen molar-refractivity contribution in [2.75, 3.05) is 31.1 Å². The molecule has 2 aromatic rings. The number of hydrogen-bond acceptors (Lipinski definition) is 6. The van der Waals surface area contributed by atoms with E-state index in [-0.39, 0.29) is 46.7 Å². The Kier molecular flexibility index (Phi) is 4.94. The van der Waals surface area contributed by atoms with E-state index in [1.165, 1.54) is 6.07 Å². The molecule has 3 heterocycles. The number of aliphatic hydroxyl groups excluding tert-OH is 1. The molecule has 0 aliphatic carbocycles. The number of amides is 1. The van der Waals surface area contributed by atoms with Crippen molar-refractivity contribution in [1.82, 2.24) is 10.1 Å². The van der Waals surface area contributed by atoms with E-state index in [1.54, 1.807) is 4.90 Å². The first-order valence-corrected chi connectivity index (χ1v) is 9.49. The lowest BCUT2D eigenvalue weighted by Crippen LogP contribution is -2.46. The highest BCUT2D eigenvalue weighted by atomic mass is 19.3. The summed E-state index contributed by atoms with van der Waals surface area (Å²) in [6.07, 6.45) is -0.698. The van der Waals surface area contributed by atoms with E-state index in [9.17, 15) is 18.7 Å². The number of nitrogens with zero attached hydrogens (tertiary/aromatic N) is 3. The van der Waals surface area contributed by atoms with Crippen LogP contribution in [-0.2, 0) is 11.3 Å². The Hall–Kier alpha value is -2.33. The van der Waals surface area contributed by atoms with Crippen LogP contribution in [0.15, 0.2) is 10.6 Å². The Morgan fingerprint density at radius 2 is 2.03 bits per heavy atom. The van der Waals surface area contributed by atoms with Crippen molar-refractivity contribution >= 4 is 22.6 Å². The summed E-state index contributed by atoms with van der Waals surface area (Å²) in [5.41, 5.74) is -0.0370. The molecule has 29 heavy (non-hydrogen) atoms. The van der Waals surface area contributed by atoms with Crippen molar-refractivity contribution in [2.45, 2.75) is 45.0 Å². The van der Waals surface area contributed by atoms with E-state index in [0.717, 1.165) is 4.90 Å². The van der Waals surface area contributed by atoms with Crippen LogP contribution in [-0.4, -0.2) is 65.4 Å². The second-order valence-electron chi connectivity index (χ2n) is 7.76. The highest BCUT2D eigenvalue weighted by molar-refractivity contribution is 6.05. The number of benzene rings is 1. The number of anilines is 1. The Morgan fingerprint density at radius 1 is 1.34 bits per heavy atom. The van der Waals surface area contributed by atoms with Gasteiger partial charge in [-0.05, 0) is 19.9 Å². The first-order chi connectivity index (χ1) is 13.7. The number of carbonyl (C=O) groups excluding carboxylic acids is 1. The zero-order valence-corrected chi connectivity index (χ0v) is 16.1. The van der Waals surface area contributed by atoms with Gasteiger partial charge in [-0.1, -0.05) is 5.16 Å². The maximum absolute atomic E-state index is 15.4. The Bertz CT molecular complexity index is 938. The minimum Gasteiger partial charge on any atom is -0.392 e. The molecule has 0 bridgehead atoms. The summed E-state index contributed by atoms with van der Waals surface area (Å²) in [6, 6.07) is 1.44. The van der Waals surface area contributed by atoms with Crippen LogP contribution in [0.2, 0.25) is 0 Å². The third-order valence-electron chi connectivity index (χ3n) is 5.32. The van der Waals surface area contributed by atoms with Gasteiger partial charge in [-0.15, -0.1) is 0 Å². The number of likely N-dealkylation sites (tertiary alicyclic amines) is 1. The molecule has 0 unspecified atom stereocenters.